The van der Waals surface area contributed by atoms with Gasteiger partial charge in [-0.3, -0.25) is 9.69 Å². The van der Waals surface area contributed by atoms with E-state index in [1.165, 1.54) is 42.1 Å². The summed E-state index contributed by atoms with van der Waals surface area (Å²) in [5.41, 5.74) is 3.67. The Bertz CT molecular complexity index is 2950. The lowest BCUT2D eigenvalue weighted by atomic mass is 9.95. The Kier molecular flexibility index (Phi) is 15.8. The van der Waals surface area contributed by atoms with Crippen LogP contribution in [0.25, 0.3) is 31.8 Å². The monoisotopic (exact) mass is 1030 g/mol. The fourth-order valence-electron chi connectivity index (χ4n) is 8.30. The van der Waals surface area contributed by atoms with E-state index < -0.39 is 42.7 Å². The number of esters is 1. The Hall–Kier alpha value is -6.64. The van der Waals surface area contributed by atoms with Crippen LogP contribution in [0.4, 0.5) is 28.0 Å². The third kappa shape index (κ3) is 12.5. The van der Waals surface area contributed by atoms with Gasteiger partial charge in [0, 0.05) is 62.3 Å². The molecule has 9 rings (SSSR count). The molecule has 21 heteroatoms. The van der Waals surface area contributed by atoms with Crippen LogP contribution in [-0.2, 0) is 38.5 Å². The number of carbonyl (C=O) groups excluding carboxylic acids is 3. The highest BCUT2D eigenvalue weighted by Gasteiger charge is 2.33. The highest BCUT2D eigenvalue weighted by molar-refractivity contribution is 7.22. The van der Waals surface area contributed by atoms with Gasteiger partial charge in [-0.25, -0.2) is 28.9 Å². The minimum absolute atomic E-state index is 0.0224. The lowest BCUT2D eigenvalue weighted by Crippen LogP contribution is -2.51. The molecule has 0 saturated carbocycles. The first-order valence-electron chi connectivity index (χ1n) is 23.3. The van der Waals surface area contributed by atoms with Gasteiger partial charge >= 0.3 is 24.2 Å². The van der Waals surface area contributed by atoms with Crippen molar-refractivity contribution >= 4 is 56.8 Å². The number of alkyl halides is 3. The van der Waals surface area contributed by atoms with Gasteiger partial charge in [-0.2, -0.15) is 18.2 Å². The van der Waals surface area contributed by atoms with E-state index in [-0.39, 0.29) is 67.9 Å². The number of ether oxygens (including phenoxy) is 5. The van der Waals surface area contributed by atoms with E-state index in [2.05, 4.69) is 24.8 Å². The third-order valence-corrected chi connectivity index (χ3v) is 13.4. The molecular formula is C51H52ClF4N7O8S. The molecule has 3 aromatic heterocycles. The van der Waals surface area contributed by atoms with E-state index in [0.29, 0.717) is 91.9 Å². The van der Waals surface area contributed by atoms with Gasteiger partial charge in [0.15, 0.2) is 0 Å². The number of rotatable bonds is 12. The van der Waals surface area contributed by atoms with E-state index >= 15 is 0 Å². The number of nitrogens with zero attached hydrogens (tertiary/aromatic N) is 7. The molecule has 0 N–H and O–H groups in total. The highest BCUT2D eigenvalue weighted by atomic mass is 35.5. The van der Waals surface area contributed by atoms with Crippen molar-refractivity contribution in [3.63, 3.8) is 0 Å². The first kappa shape index (κ1) is 51.7. The molecule has 6 heterocycles. The van der Waals surface area contributed by atoms with Crippen LogP contribution in [0.5, 0.6) is 17.6 Å². The second kappa shape index (κ2) is 22.0. The van der Waals surface area contributed by atoms with E-state index in [4.69, 9.17) is 35.3 Å². The van der Waals surface area contributed by atoms with Crippen molar-refractivity contribution in [3.05, 3.63) is 106 Å². The van der Waals surface area contributed by atoms with Crippen LogP contribution in [-0.4, -0.2) is 118 Å². The number of piperazine rings is 1. The van der Waals surface area contributed by atoms with Crippen LogP contribution in [0, 0.1) is 12.7 Å². The summed E-state index contributed by atoms with van der Waals surface area (Å²) < 4.78 is 82.1. The highest BCUT2D eigenvalue weighted by Crippen LogP contribution is 2.50. The number of fused-ring (bicyclic) bond motifs is 6. The van der Waals surface area contributed by atoms with Gasteiger partial charge in [0.1, 0.15) is 41.5 Å². The summed E-state index contributed by atoms with van der Waals surface area (Å²) in [5.74, 6) is -1.09. The zero-order valence-corrected chi connectivity index (χ0v) is 41.8. The molecule has 0 unspecified atom stereocenters. The van der Waals surface area contributed by atoms with E-state index in [0.717, 1.165) is 0 Å². The summed E-state index contributed by atoms with van der Waals surface area (Å²) in [5, 5.41) is 0.759. The van der Waals surface area contributed by atoms with E-state index in [1.54, 1.807) is 53.1 Å². The Morgan fingerprint density at radius 1 is 0.944 bits per heavy atom. The Balaban J connectivity index is 1.20. The van der Waals surface area contributed by atoms with Crippen LogP contribution in [0.3, 0.4) is 0 Å². The maximum absolute atomic E-state index is 14.9. The molecule has 1 fully saturated rings. The largest absolute Gasteiger partial charge is 0.487 e. The molecule has 1 atom stereocenters. The van der Waals surface area contributed by atoms with Crippen LogP contribution >= 0.6 is 22.9 Å². The van der Waals surface area contributed by atoms with Crippen molar-refractivity contribution in [2.24, 2.45) is 0 Å². The van der Waals surface area contributed by atoms with Crippen molar-refractivity contribution in [1.82, 2.24) is 29.7 Å². The van der Waals surface area contributed by atoms with Gasteiger partial charge < -0.3 is 33.5 Å². The number of carbonyl (C=O) groups is 3. The van der Waals surface area contributed by atoms with Crippen molar-refractivity contribution in [3.8, 4) is 39.2 Å². The summed E-state index contributed by atoms with van der Waals surface area (Å²) in [4.78, 5) is 65.8. The number of halogens is 5. The Morgan fingerprint density at radius 3 is 2.43 bits per heavy atom. The summed E-state index contributed by atoms with van der Waals surface area (Å²) in [6.45, 7) is 10.8. The zero-order valence-electron chi connectivity index (χ0n) is 40.2. The second-order valence-electron chi connectivity index (χ2n) is 18.1. The van der Waals surface area contributed by atoms with Crippen LogP contribution in [0.2, 0.25) is 5.02 Å². The predicted molar refractivity (Wildman–Crippen MR) is 262 cm³/mol. The fourth-order valence-corrected chi connectivity index (χ4v) is 9.72. The number of amides is 2. The minimum atomic E-state index is -4.43. The van der Waals surface area contributed by atoms with Crippen molar-refractivity contribution in [2.45, 2.75) is 78.4 Å². The molecular weight excluding hydrogens is 982 g/mol. The van der Waals surface area contributed by atoms with Gasteiger partial charge in [0.05, 0.1) is 41.2 Å². The molecule has 0 spiro atoms. The maximum Gasteiger partial charge on any atom is 0.410 e. The number of thiophene rings is 1. The molecule has 3 aromatic carbocycles. The summed E-state index contributed by atoms with van der Waals surface area (Å²) in [6.07, 6.45) is -4.91. The number of anilines is 1. The molecule has 2 amide bonds. The molecule has 1 saturated heterocycles. The molecule has 3 aliphatic rings. The second-order valence-corrected chi connectivity index (χ2v) is 19.5. The SMILES string of the molecule is CCOC(=O)[C@H]1Cc2cc(ccc2OCc2ccnc(OCCC(F)(F)F)n2)CC(=O)N(CCN2CCN(C(=O)OC(C)(C)C)CC2)c2ccc(c(C)c2Cl)-c2c(-c3ccc(F)cc3)sc3ncnc(c23)O1. The lowest BCUT2D eigenvalue weighted by molar-refractivity contribution is -0.151. The minimum Gasteiger partial charge on any atom is -0.487 e. The van der Waals surface area contributed by atoms with Gasteiger partial charge in [-0.05, 0) is 92.8 Å². The number of aromatic nitrogens is 4. The molecule has 6 aromatic rings. The van der Waals surface area contributed by atoms with E-state index in [9.17, 15) is 31.9 Å². The molecule has 0 radical (unpaired) electrons. The molecule has 4 bridgehead atoms. The van der Waals surface area contributed by atoms with Gasteiger partial charge in [0.2, 0.25) is 17.9 Å². The summed E-state index contributed by atoms with van der Waals surface area (Å²) in [6, 6.07) is 16.1. The number of benzene rings is 3. The average Bonchev–Trinajstić information content (AvgIpc) is 3.72. The average molecular weight is 1030 g/mol. The normalized spacial score (nSPS) is 15.6. The maximum atomic E-state index is 14.9. The Labute approximate surface area is 422 Å². The topological polar surface area (TPSA) is 159 Å². The third-order valence-electron chi connectivity index (χ3n) is 11.8. The molecule has 3 aliphatic heterocycles. The van der Waals surface area contributed by atoms with Crippen molar-refractivity contribution in [2.75, 3.05) is 57.4 Å². The van der Waals surface area contributed by atoms with Gasteiger partial charge in [-0.1, -0.05) is 41.9 Å². The standard InChI is InChI=1S/C51H52ClF4N7O8S/c1-6-67-47(65)39-27-33-25-31(7-14-38(33)69-28-35-15-17-57-48(60-35)68-24-16-51(54,55)56)26-40(64)63(23-20-61-18-21-62(22-19-61)49(66)71-50(3,4)5)37-13-12-36(30(2)43(37)52)41-42-45(70-39)58-29-59-46(42)72-44(41)32-8-10-34(53)11-9-32/h7-15,17,25,29,39H,6,16,18-24,26-28H2,1-5H3/t39-/m1/s1. The summed E-state index contributed by atoms with van der Waals surface area (Å²) >= 11 is 8.73. The van der Waals surface area contributed by atoms with Crippen LogP contribution in [0.1, 0.15) is 56.5 Å². The summed E-state index contributed by atoms with van der Waals surface area (Å²) in [7, 11) is 0. The zero-order chi connectivity index (χ0) is 51.3. The van der Waals surface area contributed by atoms with Crippen LogP contribution in [0.15, 0.2) is 73.2 Å². The van der Waals surface area contributed by atoms with Gasteiger partial charge in [0.25, 0.3) is 0 Å². The van der Waals surface area contributed by atoms with E-state index in [1.807, 2.05) is 33.8 Å². The number of hydrogen-bond acceptors (Lipinski definition) is 14. The molecule has 15 nitrogen and oxygen atoms in total. The lowest BCUT2D eigenvalue weighted by Gasteiger charge is -2.36. The molecule has 72 heavy (non-hydrogen) atoms. The predicted octanol–water partition coefficient (Wildman–Crippen LogP) is 9.82. The van der Waals surface area contributed by atoms with Crippen molar-refractivity contribution < 1.29 is 55.6 Å². The Morgan fingerprint density at radius 2 is 1.71 bits per heavy atom. The van der Waals surface area contributed by atoms with Crippen molar-refractivity contribution in [1.29, 1.82) is 0 Å². The fraction of sp³-hybridized carbons (Fsp3) is 0.392. The smallest absolute Gasteiger partial charge is 0.410 e. The molecule has 380 valence electrons. The first-order chi connectivity index (χ1) is 34.3. The number of hydrogen-bond donors (Lipinski definition) is 0. The van der Waals surface area contributed by atoms with Crippen LogP contribution < -0.4 is 19.1 Å². The first-order valence-corrected chi connectivity index (χ1v) is 24.5. The molecule has 0 aliphatic carbocycles. The quantitative estimate of drug-likeness (QED) is 0.0843. The van der Waals surface area contributed by atoms with Gasteiger partial charge in [-0.15, -0.1) is 11.3 Å².